The van der Waals surface area contributed by atoms with Crippen LogP contribution in [-0.2, 0) is 4.79 Å². The molecule has 0 unspecified atom stereocenters. The molecule has 1 aromatic rings. The quantitative estimate of drug-likeness (QED) is 0.829. The molecule has 0 spiro atoms. The van der Waals surface area contributed by atoms with Gasteiger partial charge in [-0.3, -0.25) is 14.4 Å². The first-order valence-corrected chi connectivity index (χ1v) is 9.30. The number of carbonyl (C=O) groups is 1. The van der Waals surface area contributed by atoms with Crippen LogP contribution < -0.4 is 4.74 Å². The Bertz CT molecular complexity index is 543. The molecule has 2 heterocycles. The summed E-state index contributed by atoms with van der Waals surface area (Å²) in [6.07, 6.45) is 6.46. The second kappa shape index (κ2) is 8.01. The number of rotatable bonds is 5. The molecule has 2 aliphatic rings. The van der Waals surface area contributed by atoms with Crippen molar-refractivity contribution in [3.63, 3.8) is 0 Å². The first-order chi connectivity index (χ1) is 11.6. The molecular formula is C18H30N4O2. The molecule has 0 aromatic carbocycles. The standard InChI is InChI=1S/C18H30N4O2/c1-15-14-18(19-22(15)17-6-4-3-5-7-17)24-13-12-20-8-10-21(11-9-20)16(2)23/h14,17H,3-13H2,1-2H3. The van der Waals surface area contributed by atoms with Crippen molar-refractivity contribution in [2.45, 2.75) is 52.0 Å². The highest BCUT2D eigenvalue weighted by Gasteiger charge is 2.20. The largest absolute Gasteiger partial charge is 0.475 e. The fourth-order valence-electron chi connectivity index (χ4n) is 3.79. The second-order valence-corrected chi connectivity index (χ2v) is 7.06. The van der Waals surface area contributed by atoms with Gasteiger partial charge in [-0.2, -0.15) is 0 Å². The maximum absolute atomic E-state index is 11.3. The number of aromatic nitrogens is 2. The molecule has 0 bridgehead atoms. The summed E-state index contributed by atoms with van der Waals surface area (Å²) >= 11 is 0. The van der Waals surface area contributed by atoms with E-state index in [1.165, 1.54) is 37.8 Å². The lowest BCUT2D eigenvalue weighted by Crippen LogP contribution is -2.48. The fourth-order valence-corrected chi connectivity index (χ4v) is 3.79. The summed E-state index contributed by atoms with van der Waals surface area (Å²) in [6, 6.07) is 2.61. The van der Waals surface area contributed by atoms with Gasteiger partial charge < -0.3 is 9.64 Å². The number of aryl methyl sites for hydroxylation is 1. The topological polar surface area (TPSA) is 50.6 Å². The zero-order chi connectivity index (χ0) is 16.9. The molecule has 1 saturated carbocycles. The van der Waals surface area contributed by atoms with Gasteiger partial charge in [0.25, 0.3) is 0 Å². The summed E-state index contributed by atoms with van der Waals surface area (Å²) < 4.78 is 8.05. The Morgan fingerprint density at radius 2 is 1.92 bits per heavy atom. The zero-order valence-corrected chi connectivity index (χ0v) is 15.0. The predicted octanol–water partition coefficient (Wildman–Crippen LogP) is 2.24. The minimum absolute atomic E-state index is 0.176. The lowest BCUT2D eigenvalue weighted by molar-refractivity contribution is -0.130. The Morgan fingerprint density at radius 3 is 2.58 bits per heavy atom. The molecule has 0 radical (unpaired) electrons. The Balaban J connectivity index is 1.43. The number of hydrogen-bond acceptors (Lipinski definition) is 4. The lowest BCUT2D eigenvalue weighted by Gasteiger charge is -2.33. The molecule has 1 amide bonds. The SMILES string of the molecule is CC(=O)N1CCN(CCOc2cc(C)n(C3CCCCC3)n2)CC1. The van der Waals surface area contributed by atoms with Crippen LogP contribution in [0, 0.1) is 6.92 Å². The first-order valence-electron chi connectivity index (χ1n) is 9.30. The van der Waals surface area contributed by atoms with Crippen LogP contribution in [0.5, 0.6) is 5.88 Å². The van der Waals surface area contributed by atoms with Crippen molar-refractivity contribution in [1.29, 1.82) is 0 Å². The van der Waals surface area contributed by atoms with Gasteiger partial charge in [-0.1, -0.05) is 19.3 Å². The summed E-state index contributed by atoms with van der Waals surface area (Å²) in [5.74, 6) is 0.926. The van der Waals surface area contributed by atoms with Crippen LogP contribution in [0.4, 0.5) is 0 Å². The van der Waals surface area contributed by atoms with E-state index >= 15 is 0 Å². The molecule has 6 heteroatoms. The molecule has 134 valence electrons. The van der Waals surface area contributed by atoms with Gasteiger partial charge in [0.1, 0.15) is 6.61 Å². The third-order valence-corrected chi connectivity index (χ3v) is 5.30. The van der Waals surface area contributed by atoms with Crippen LogP contribution in [0.2, 0.25) is 0 Å². The Labute approximate surface area is 144 Å². The highest BCUT2D eigenvalue weighted by atomic mass is 16.5. The summed E-state index contributed by atoms with van der Waals surface area (Å²) in [5.41, 5.74) is 1.20. The zero-order valence-electron chi connectivity index (χ0n) is 15.0. The van der Waals surface area contributed by atoms with Crippen LogP contribution in [0.25, 0.3) is 0 Å². The maximum Gasteiger partial charge on any atom is 0.233 e. The monoisotopic (exact) mass is 334 g/mol. The van der Waals surface area contributed by atoms with Crippen LogP contribution in [-0.4, -0.2) is 64.8 Å². The van der Waals surface area contributed by atoms with Gasteiger partial charge >= 0.3 is 0 Å². The van der Waals surface area contributed by atoms with Crippen molar-refractivity contribution in [2.75, 3.05) is 39.3 Å². The normalized spacial score (nSPS) is 20.3. The maximum atomic E-state index is 11.3. The lowest BCUT2D eigenvalue weighted by atomic mass is 9.95. The number of ether oxygens (including phenoxy) is 1. The van der Waals surface area contributed by atoms with E-state index in [9.17, 15) is 4.79 Å². The number of carbonyl (C=O) groups excluding carboxylic acids is 1. The van der Waals surface area contributed by atoms with Gasteiger partial charge in [0.15, 0.2) is 0 Å². The molecule has 0 N–H and O–H groups in total. The summed E-state index contributed by atoms with van der Waals surface area (Å²) in [5, 5.41) is 4.67. The summed E-state index contributed by atoms with van der Waals surface area (Å²) in [6.45, 7) is 8.81. The minimum Gasteiger partial charge on any atom is -0.475 e. The van der Waals surface area contributed by atoms with Crippen molar-refractivity contribution in [3.05, 3.63) is 11.8 Å². The summed E-state index contributed by atoms with van der Waals surface area (Å²) in [4.78, 5) is 15.6. The van der Waals surface area contributed by atoms with Crippen LogP contribution in [0.3, 0.4) is 0 Å². The Hall–Kier alpha value is -1.56. The van der Waals surface area contributed by atoms with E-state index in [0.717, 1.165) is 38.6 Å². The van der Waals surface area contributed by atoms with Crippen LogP contribution >= 0.6 is 0 Å². The minimum atomic E-state index is 0.176. The highest BCUT2D eigenvalue weighted by Crippen LogP contribution is 2.29. The molecule has 6 nitrogen and oxygen atoms in total. The average Bonchev–Trinajstić information content (AvgIpc) is 2.97. The molecule has 1 aromatic heterocycles. The van der Waals surface area contributed by atoms with Crippen LogP contribution in [0.1, 0.15) is 50.8 Å². The summed E-state index contributed by atoms with van der Waals surface area (Å²) in [7, 11) is 0. The fraction of sp³-hybridized carbons (Fsp3) is 0.778. The van der Waals surface area contributed by atoms with E-state index in [1.807, 2.05) is 4.90 Å². The van der Waals surface area contributed by atoms with E-state index < -0.39 is 0 Å². The molecule has 1 aliphatic carbocycles. The van der Waals surface area contributed by atoms with Gasteiger partial charge in [0, 0.05) is 51.4 Å². The smallest absolute Gasteiger partial charge is 0.233 e. The number of piperazine rings is 1. The Morgan fingerprint density at radius 1 is 1.21 bits per heavy atom. The third kappa shape index (κ3) is 4.29. The van der Waals surface area contributed by atoms with Crippen molar-refractivity contribution in [3.8, 4) is 5.88 Å². The van der Waals surface area contributed by atoms with E-state index in [0.29, 0.717) is 12.6 Å². The van der Waals surface area contributed by atoms with Crippen molar-refractivity contribution in [2.24, 2.45) is 0 Å². The van der Waals surface area contributed by atoms with Crippen molar-refractivity contribution < 1.29 is 9.53 Å². The average molecular weight is 334 g/mol. The van der Waals surface area contributed by atoms with Crippen molar-refractivity contribution >= 4 is 5.91 Å². The van der Waals surface area contributed by atoms with Gasteiger partial charge in [-0.05, 0) is 19.8 Å². The second-order valence-electron chi connectivity index (χ2n) is 7.06. The predicted molar refractivity (Wildman–Crippen MR) is 93.3 cm³/mol. The van der Waals surface area contributed by atoms with E-state index in [4.69, 9.17) is 4.74 Å². The molecule has 24 heavy (non-hydrogen) atoms. The molecule has 1 aliphatic heterocycles. The number of amides is 1. The van der Waals surface area contributed by atoms with Gasteiger partial charge in [-0.25, -0.2) is 0 Å². The molecule has 0 atom stereocenters. The van der Waals surface area contributed by atoms with Gasteiger partial charge in [-0.15, -0.1) is 5.10 Å². The number of hydrogen-bond donors (Lipinski definition) is 0. The van der Waals surface area contributed by atoms with E-state index in [1.54, 1.807) is 6.92 Å². The van der Waals surface area contributed by atoms with Crippen LogP contribution in [0.15, 0.2) is 6.07 Å². The van der Waals surface area contributed by atoms with E-state index in [2.05, 4.69) is 27.7 Å². The molecular weight excluding hydrogens is 304 g/mol. The van der Waals surface area contributed by atoms with E-state index in [-0.39, 0.29) is 5.91 Å². The third-order valence-electron chi connectivity index (χ3n) is 5.30. The molecule has 2 fully saturated rings. The molecule has 1 saturated heterocycles. The first kappa shape index (κ1) is 17.3. The van der Waals surface area contributed by atoms with Crippen molar-refractivity contribution in [1.82, 2.24) is 19.6 Å². The highest BCUT2D eigenvalue weighted by molar-refractivity contribution is 5.73. The molecule has 3 rings (SSSR count). The van der Waals surface area contributed by atoms with Gasteiger partial charge in [0.05, 0.1) is 6.04 Å². The van der Waals surface area contributed by atoms with Gasteiger partial charge in [0.2, 0.25) is 11.8 Å². The number of nitrogens with zero attached hydrogens (tertiary/aromatic N) is 4. The Kier molecular flexibility index (Phi) is 5.76.